The minimum absolute atomic E-state index is 0.149. The van der Waals surface area contributed by atoms with Crippen molar-refractivity contribution >= 4 is 17.7 Å². The van der Waals surface area contributed by atoms with E-state index in [1.807, 2.05) is 19.9 Å². The second kappa shape index (κ2) is 8.20. The number of anilines is 2. The number of cyclic esters (lactones) is 1. The summed E-state index contributed by atoms with van der Waals surface area (Å²) in [5, 5.41) is 13.7. The van der Waals surface area contributed by atoms with E-state index in [4.69, 9.17) is 4.74 Å². The molecule has 162 valence electrons. The van der Waals surface area contributed by atoms with Crippen LogP contribution in [0.1, 0.15) is 24.6 Å². The molecule has 0 saturated carbocycles. The van der Waals surface area contributed by atoms with Crippen LogP contribution in [0.2, 0.25) is 0 Å². The summed E-state index contributed by atoms with van der Waals surface area (Å²) in [7, 11) is 0. The third-order valence-corrected chi connectivity index (χ3v) is 4.67. The van der Waals surface area contributed by atoms with Crippen molar-refractivity contribution in [2.45, 2.75) is 39.0 Å². The number of carbonyl (C=O) groups excluding carboxylic acids is 1. The summed E-state index contributed by atoms with van der Waals surface area (Å²) in [6, 6.07) is 5.20. The number of alkyl carbamates (subject to hydrolysis) is 1. The second-order valence-corrected chi connectivity index (χ2v) is 7.14. The summed E-state index contributed by atoms with van der Waals surface area (Å²) in [6.45, 7) is 4.02. The number of amides is 1. The van der Waals surface area contributed by atoms with E-state index < -0.39 is 24.0 Å². The number of alkyl halides is 2. The van der Waals surface area contributed by atoms with Gasteiger partial charge in [-0.25, -0.2) is 32.6 Å². The molecular weight excluding hydrogens is 415 g/mol. The summed E-state index contributed by atoms with van der Waals surface area (Å²) in [5.74, 6) is -1.32. The molecule has 3 aromatic rings. The van der Waals surface area contributed by atoms with E-state index in [1.165, 1.54) is 0 Å². The monoisotopic (exact) mass is 433 g/mol. The maximum Gasteiger partial charge on any atom is 0.407 e. The lowest BCUT2D eigenvalue weighted by Gasteiger charge is -2.11. The van der Waals surface area contributed by atoms with Crippen molar-refractivity contribution in [3.63, 3.8) is 0 Å². The van der Waals surface area contributed by atoms with Gasteiger partial charge in [0, 0.05) is 11.3 Å². The fourth-order valence-corrected chi connectivity index (χ4v) is 3.18. The van der Waals surface area contributed by atoms with Crippen molar-refractivity contribution in [1.29, 1.82) is 0 Å². The van der Waals surface area contributed by atoms with Crippen molar-refractivity contribution in [1.82, 2.24) is 30.3 Å². The van der Waals surface area contributed by atoms with Crippen LogP contribution in [0, 0.1) is 12.7 Å². The Morgan fingerprint density at radius 1 is 1.32 bits per heavy atom. The first-order valence-electron chi connectivity index (χ1n) is 9.35. The van der Waals surface area contributed by atoms with E-state index in [0.29, 0.717) is 29.7 Å². The fraction of sp³-hybridized carbons (Fsp3) is 0.316. The Kier molecular flexibility index (Phi) is 5.44. The number of halogens is 3. The van der Waals surface area contributed by atoms with Gasteiger partial charge < -0.3 is 15.4 Å². The number of nitrogens with zero attached hydrogens (tertiary/aromatic N) is 5. The average molecular weight is 433 g/mol. The number of carbonyl (C=O) groups is 1. The highest BCUT2D eigenvalue weighted by Gasteiger charge is 2.31. The molecule has 1 aliphatic heterocycles. The molecular formula is C19H18F3N7O2. The van der Waals surface area contributed by atoms with Gasteiger partial charge in [-0.3, -0.25) is 0 Å². The summed E-state index contributed by atoms with van der Waals surface area (Å²) >= 11 is 0. The molecule has 0 spiro atoms. The molecule has 1 aromatic carbocycles. The highest BCUT2D eigenvalue weighted by atomic mass is 19.3. The van der Waals surface area contributed by atoms with Gasteiger partial charge in [-0.1, -0.05) is 5.21 Å². The number of aryl methyl sites for hydroxylation is 1. The zero-order valence-electron chi connectivity index (χ0n) is 16.5. The van der Waals surface area contributed by atoms with Gasteiger partial charge in [0.15, 0.2) is 5.82 Å². The van der Waals surface area contributed by atoms with E-state index >= 15 is 0 Å². The molecule has 31 heavy (non-hydrogen) atoms. The SMILES string of the molecule is Cc1cc(Nc2ncc(F)c(C(F)F)n2)cc(-c2cn(CC3OC(=O)NC3C)nn2)c1. The lowest BCUT2D eigenvalue weighted by atomic mass is 10.1. The molecule has 3 heterocycles. The molecule has 0 bridgehead atoms. The van der Waals surface area contributed by atoms with Gasteiger partial charge in [-0.2, -0.15) is 0 Å². The van der Waals surface area contributed by atoms with Crippen molar-refractivity contribution in [2.75, 3.05) is 5.32 Å². The van der Waals surface area contributed by atoms with Gasteiger partial charge in [0.25, 0.3) is 6.43 Å². The highest BCUT2D eigenvalue weighted by molar-refractivity contribution is 5.70. The third-order valence-electron chi connectivity index (χ3n) is 4.67. The van der Waals surface area contributed by atoms with Gasteiger partial charge in [-0.05, 0) is 37.6 Å². The van der Waals surface area contributed by atoms with Gasteiger partial charge in [0.2, 0.25) is 5.95 Å². The predicted molar refractivity (Wildman–Crippen MR) is 103 cm³/mol. The van der Waals surface area contributed by atoms with Crippen molar-refractivity contribution in [3.05, 3.63) is 47.7 Å². The number of hydrogen-bond donors (Lipinski definition) is 2. The topological polar surface area (TPSA) is 107 Å². The van der Waals surface area contributed by atoms with E-state index in [2.05, 4.69) is 30.9 Å². The van der Waals surface area contributed by atoms with Gasteiger partial charge in [0.1, 0.15) is 17.5 Å². The van der Waals surface area contributed by atoms with Crippen LogP contribution in [-0.2, 0) is 11.3 Å². The van der Waals surface area contributed by atoms with Crippen LogP contribution < -0.4 is 10.6 Å². The van der Waals surface area contributed by atoms with E-state index in [-0.39, 0.29) is 18.1 Å². The van der Waals surface area contributed by atoms with Crippen LogP contribution in [0.4, 0.5) is 29.6 Å². The van der Waals surface area contributed by atoms with Gasteiger partial charge in [0.05, 0.1) is 25.0 Å². The average Bonchev–Trinajstić information content (AvgIpc) is 3.29. The molecule has 0 radical (unpaired) electrons. The van der Waals surface area contributed by atoms with Crippen LogP contribution in [0.3, 0.4) is 0 Å². The first kappa shape index (κ1) is 20.6. The number of aromatic nitrogens is 5. The molecule has 4 rings (SSSR count). The number of hydrogen-bond acceptors (Lipinski definition) is 7. The van der Waals surface area contributed by atoms with Crippen molar-refractivity contribution < 1.29 is 22.7 Å². The zero-order chi connectivity index (χ0) is 22.1. The van der Waals surface area contributed by atoms with E-state index in [9.17, 15) is 18.0 Å². The minimum Gasteiger partial charge on any atom is -0.442 e. The molecule has 12 heteroatoms. The summed E-state index contributed by atoms with van der Waals surface area (Å²) < 4.78 is 45.9. The lowest BCUT2D eigenvalue weighted by Crippen LogP contribution is -2.31. The number of nitrogens with one attached hydrogen (secondary N) is 2. The summed E-state index contributed by atoms with van der Waals surface area (Å²) in [4.78, 5) is 18.6. The molecule has 0 aliphatic carbocycles. The van der Waals surface area contributed by atoms with Crippen LogP contribution in [0.15, 0.2) is 30.6 Å². The fourth-order valence-electron chi connectivity index (χ4n) is 3.18. The zero-order valence-corrected chi connectivity index (χ0v) is 16.5. The Balaban J connectivity index is 1.54. The Morgan fingerprint density at radius 3 is 2.84 bits per heavy atom. The Hall–Kier alpha value is -3.70. The molecule has 1 fully saturated rings. The molecule has 2 aromatic heterocycles. The van der Waals surface area contributed by atoms with Crippen LogP contribution in [0.25, 0.3) is 11.3 Å². The molecule has 2 N–H and O–H groups in total. The predicted octanol–water partition coefficient (Wildman–Crippen LogP) is 3.36. The quantitative estimate of drug-likeness (QED) is 0.614. The van der Waals surface area contributed by atoms with E-state index in [0.717, 1.165) is 5.56 Å². The Bertz CT molecular complexity index is 1120. The standard InChI is InChI=1S/C19H18F3N7O2/c1-9-3-11(14-7-29(28-27-14)8-15-10(2)24-19(30)31-15)5-12(4-9)25-18-23-6-13(20)16(26-18)17(21)22/h3-7,10,15,17H,8H2,1-2H3,(H,24,30)(H,23,25,26). The Morgan fingerprint density at radius 2 is 2.13 bits per heavy atom. The normalized spacial score (nSPS) is 18.2. The largest absolute Gasteiger partial charge is 0.442 e. The first-order valence-corrected chi connectivity index (χ1v) is 9.35. The molecule has 9 nitrogen and oxygen atoms in total. The minimum atomic E-state index is -3.05. The molecule has 2 atom stereocenters. The number of benzene rings is 1. The molecule has 1 amide bonds. The van der Waals surface area contributed by atoms with Gasteiger partial charge in [-0.15, -0.1) is 5.10 Å². The van der Waals surface area contributed by atoms with Gasteiger partial charge >= 0.3 is 6.09 Å². The highest BCUT2D eigenvalue weighted by Crippen LogP contribution is 2.26. The Labute approximate surface area is 174 Å². The van der Waals surface area contributed by atoms with E-state index in [1.54, 1.807) is 23.0 Å². The van der Waals surface area contributed by atoms with Crippen LogP contribution in [0.5, 0.6) is 0 Å². The van der Waals surface area contributed by atoms with Crippen molar-refractivity contribution in [3.8, 4) is 11.3 Å². The van der Waals surface area contributed by atoms with Crippen LogP contribution in [-0.4, -0.2) is 43.2 Å². The number of rotatable bonds is 6. The molecule has 1 aliphatic rings. The number of ether oxygens (including phenoxy) is 1. The smallest absolute Gasteiger partial charge is 0.407 e. The second-order valence-electron chi connectivity index (χ2n) is 7.14. The lowest BCUT2D eigenvalue weighted by molar-refractivity contribution is 0.119. The summed E-state index contributed by atoms with van der Waals surface area (Å²) in [5.41, 5.74) is 1.67. The third kappa shape index (κ3) is 4.57. The molecule has 2 unspecified atom stereocenters. The summed E-state index contributed by atoms with van der Waals surface area (Å²) in [6.07, 6.45) is -1.48. The first-order chi connectivity index (χ1) is 14.8. The molecule has 1 saturated heterocycles. The maximum absolute atomic E-state index is 13.4. The maximum atomic E-state index is 13.4. The van der Waals surface area contributed by atoms with Crippen LogP contribution >= 0.6 is 0 Å². The van der Waals surface area contributed by atoms with Crippen molar-refractivity contribution in [2.24, 2.45) is 0 Å².